The fraction of sp³-hybridized carbons (Fsp3) is 0.167. The van der Waals surface area contributed by atoms with Gasteiger partial charge in [-0.15, -0.1) is 0 Å². The van der Waals surface area contributed by atoms with Gasteiger partial charge < -0.3 is 16.5 Å². The lowest BCUT2D eigenvalue weighted by atomic mass is 9.95. The zero-order valence-electron chi connectivity index (χ0n) is 8.33. The monoisotopic (exact) mass is 199 g/mol. The van der Waals surface area contributed by atoms with E-state index in [9.17, 15) is 0 Å². The Labute approximate surface area is 87.8 Å². The lowest BCUT2D eigenvalue weighted by Crippen LogP contribution is -2.50. The number of H-pyrrole nitrogens is 1. The normalized spacial score (nSPS) is 18.0. The Morgan fingerprint density at radius 1 is 1.20 bits per heavy atom. The quantitative estimate of drug-likeness (QED) is 0.561. The van der Waals surface area contributed by atoms with E-state index in [2.05, 4.69) is 17.1 Å². The number of para-hydroxylation sites is 1. The van der Waals surface area contributed by atoms with Crippen molar-refractivity contribution in [3.63, 3.8) is 0 Å². The summed E-state index contributed by atoms with van der Waals surface area (Å²) in [6.45, 7) is 0. The molecule has 3 rings (SSSR count). The Balaban J connectivity index is 2.28. The maximum atomic E-state index is 5.89. The number of nitrogens with one attached hydrogen (secondary N) is 1. The van der Waals surface area contributed by atoms with E-state index in [1.807, 2.05) is 24.3 Å². The molecule has 76 valence electrons. The van der Waals surface area contributed by atoms with Crippen molar-refractivity contribution in [3.8, 4) is 0 Å². The molecule has 1 aliphatic carbocycles. The molecule has 0 saturated carbocycles. The minimum Gasteiger partial charge on any atom is -0.358 e. The predicted molar refractivity (Wildman–Crippen MR) is 62.1 cm³/mol. The van der Waals surface area contributed by atoms with Gasteiger partial charge in [0.25, 0.3) is 0 Å². The van der Waals surface area contributed by atoms with Crippen LogP contribution in [-0.4, -0.2) is 10.6 Å². The van der Waals surface area contributed by atoms with Gasteiger partial charge in [-0.2, -0.15) is 0 Å². The summed E-state index contributed by atoms with van der Waals surface area (Å²) in [6.07, 6.45) is 4.54. The van der Waals surface area contributed by atoms with Crippen molar-refractivity contribution >= 4 is 17.0 Å². The van der Waals surface area contributed by atoms with Gasteiger partial charge in [-0.25, -0.2) is 0 Å². The summed E-state index contributed by atoms with van der Waals surface area (Å²) in [5.41, 5.74) is 14.5. The molecule has 2 aromatic rings. The molecule has 0 aliphatic heterocycles. The first-order chi connectivity index (χ1) is 7.16. The molecule has 15 heavy (non-hydrogen) atoms. The average Bonchev–Trinajstić information content (AvgIpc) is 2.52. The van der Waals surface area contributed by atoms with Gasteiger partial charge in [0, 0.05) is 28.6 Å². The molecular weight excluding hydrogens is 186 g/mol. The van der Waals surface area contributed by atoms with E-state index in [0.717, 1.165) is 11.2 Å². The van der Waals surface area contributed by atoms with Crippen molar-refractivity contribution in [2.75, 3.05) is 0 Å². The molecule has 0 spiro atoms. The minimum absolute atomic E-state index is 0.660. The molecule has 0 bridgehead atoms. The highest BCUT2D eigenvalue weighted by Crippen LogP contribution is 2.28. The van der Waals surface area contributed by atoms with Gasteiger partial charge >= 0.3 is 0 Å². The molecule has 1 aromatic carbocycles. The van der Waals surface area contributed by atoms with Crippen molar-refractivity contribution in [3.05, 3.63) is 41.6 Å². The van der Waals surface area contributed by atoms with Crippen LogP contribution >= 0.6 is 0 Å². The van der Waals surface area contributed by atoms with E-state index in [0.29, 0.717) is 6.42 Å². The van der Waals surface area contributed by atoms with Crippen molar-refractivity contribution < 1.29 is 0 Å². The van der Waals surface area contributed by atoms with Crippen LogP contribution in [0, 0.1) is 0 Å². The number of aromatic nitrogens is 1. The van der Waals surface area contributed by atoms with E-state index in [1.165, 1.54) is 10.9 Å². The fourth-order valence-corrected chi connectivity index (χ4v) is 2.15. The molecule has 5 N–H and O–H groups in total. The molecule has 3 nitrogen and oxygen atoms in total. The van der Waals surface area contributed by atoms with Crippen molar-refractivity contribution in [2.45, 2.75) is 12.1 Å². The van der Waals surface area contributed by atoms with Crippen LogP contribution in [-0.2, 0) is 6.42 Å². The second kappa shape index (κ2) is 2.72. The highest BCUT2D eigenvalue weighted by atomic mass is 15.0. The first kappa shape index (κ1) is 8.71. The molecule has 0 atom stereocenters. The van der Waals surface area contributed by atoms with Gasteiger partial charge in [0.15, 0.2) is 0 Å². The molecule has 1 aromatic heterocycles. The standard InChI is InChI=1S/C12H13N3/c13-12(14)6-5-9-8-3-1-2-4-10(8)15-11(9)7-12/h1-6,15H,7,13-14H2. The molecule has 3 heteroatoms. The second-order valence-electron chi connectivity index (χ2n) is 4.19. The van der Waals surface area contributed by atoms with Crippen LogP contribution in [0.3, 0.4) is 0 Å². The van der Waals surface area contributed by atoms with E-state index in [1.54, 1.807) is 0 Å². The molecule has 0 radical (unpaired) electrons. The smallest absolute Gasteiger partial charge is 0.0887 e. The third-order valence-electron chi connectivity index (χ3n) is 2.87. The Hall–Kier alpha value is -1.58. The molecule has 0 amide bonds. The molecular formula is C12H13N3. The summed E-state index contributed by atoms with van der Waals surface area (Å²) < 4.78 is 0. The van der Waals surface area contributed by atoms with Gasteiger partial charge in [0.1, 0.15) is 0 Å². The zero-order valence-corrected chi connectivity index (χ0v) is 8.33. The Bertz CT molecular complexity index is 549. The Kier molecular flexibility index (Phi) is 1.58. The summed E-state index contributed by atoms with van der Waals surface area (Å²) in [4.78, 5) is 3.36. The fourth-order valence-electron chi connectivity index (χ4n) is 2.15. The summed E-state index contributed by atoms with van der Waals surface area (Å²) in [5.74, 6) is 0. The minimum atomic E-state index is -0.714. The number of nitrogens with two attached hydrogens (primary N) is 2. The number of hydrogen-bond acceptors (Lipinski definition) is 2. The van der Waals surface area contributed by atoms with E-state index in [-0.39, 0.29) is 0 Å². The van der Waals surface area contributed by atoms with Gasteiger partial charge in [0.2, 0.25) is 0 Å². The second-order valence-corrected chi connectivity index (χ2v) is 4.19. The summed E-state index contributed by atoms with van der Waals surface area (Å²) in [6, 6.07) is 8.23. The largest absolute Gasteiger partial charge is 0.358 e. The highest BCUT2D eigenvalue weighted by Gasteiger charge is 2.23. The van der Waals surface area contributed by atoms with Crippen molar-refractivity contribution in [1.29, 1.82) is 0 Å². The Morgan fingerprint density at radius 3 is 2.87 bits per heavy atom. The molecule has 0 unspecified atom stereocenters. The highest BCUT2D eigenvalue weighted by molar-refractivity contribution is 5.91. The number of benzene rings is 1. The molecule has 0 saturated heterocycles. The van der Waals surface area contributed by atoms with Gasteiger partial charge in [-0.3, -0.25) is 0 Å². The van der Waals surface area contributed by atoms with Crippen molar-refractivity contribution in [1.82, 2.24) is 4.98 Å². The summed E-state index contributed by atoms with van der Waals surface area (Å²) in [7, 11) is 0. The van der Waals surface area contributed by atoms with Crippen LogP contribution < -0.4 is 11.5 Å². The maximum Gasteiger partial charge on any atom is 0.0887 e. The first-order valence-electron chi connectivity index (χ1n) is 5.02. The van der Waals surface area contributed by atoms with E-state index < -0.39 is 5.66 Å². The molecule has 1 aliphatic rings. The van der Waals surface area contributed by atoms with Crippen LogP contribution in [0.4, 0.5) is 0 Å². The topological polar surface area (TPSA) is 67.8 Å². The molecule has 0 fully saturated rings. The van der Waals surface area contributed by atoms with Gasteiger partial charge in [0.05, 0.1) is 5.66 Å². The van der Waals surface area contributed by atoms with Crippen LogP contribution in [0.25, 0.3) is 17.0 Å². The summed E-state index contributed by atoms with van der Waals surface area (Å²) >= 11 is 0. The van der Waals surface area contributed by atoms with Crippen molar-refractivity contribution in [2.24, 2.45) is 11.5 Å². The first-order valence-corrected chi connectivity index (χ1v) is 5.02. The number of fused-ring (bicyclic) bond motifs is 3. The lowest BCUT2D eigenvalue weighted by molar-refractivity contribution is 0.541. The van der Waals surface area contributed by atoms with Crippen LogP contribution in [0.1, 0.15) is 11.3 Å². The van der Waals surface area contributed by atoms with E-state index >= 15 is 0 Å². The third-order valence-corrected chi connectivity index (χ3v) is 2.87. The number of rotatable bonds is 0. The van der Waals surface area contributed by atoms with E-state index in [4.69, 9.17) is 11.5 Å². The van der Waals surface area contributed by atoms with Crippen LogP contribution in [0.2, 0.25) is 0 Å². The van der Waals surface area contributed by atoms with Gasteiger partial charge in [-0.05, 0) is 12.1 Å². The van der Waals surface area contributed by atoms with Gasteiger partial charge in [-0.1, -0.05) is 24.3 Å². The molecule has 1 heterocycles. The summed E-state index contributed by atoms with van der Waals surface area (Å²) in [5, 5.41) is 1.24. The van der Waals surface area contributed by atoms with Crippen LogP contribution in [0.5, 0.6) is 0 Å². The Morgan fingerprint density at radius 2 is 2.00 bits per heavy atom. The third kappa shape index (κ3) is 1.28. The zero-order chi connectivity index (χ0) is 10.5. The van der Waals surface area contributed by atoms with Crippen LogP contribution in [0.15, 0.2) is 30.3 Å². The lowest BCUT2D eigenvalue weighted by Gasteiger charge is -2.23. The SMILES string of the molecule is NC1(N)C=Cc2c([nH]c3ccccc23)C1. The number of hydrogen-bond donors (Lipinski definition) is 3. The average molecular weight is 199 g/mol. The predicted octanol–water partition coefficient (Wildman–Crippen LogP) is 1.35. The maximum absolute atomic E-state index is 5.89. The number of aromatic amines is 1.